The van der Waals surface area contributed by atoms with E-state index in [1.165, 1.54) is 5.56 Å². The molecule has 3 rings (SSSR count). The van der Waals surface area contributed by atoms with Crippen LogP contribution in [0.4, 0.5) is 0 Å². The number of hydrogen-bond donors (Lipinski definition) is 1. The molecule has 158 valence electrons. The molecule has 0 radical (unpaired) electrons. The Morgan fingerprint density at radius 2 is 1.67 bits per heavy atom. The zero-order chi connectivity index (χ0) is 21.3. The van der Waals surface area contributed by atoms with Crippen LogP contribution in [0.3, 0.4) is 0 Å². The number of benzene rings is 3. The molecule has 0 amide bonds. The number of ether oxygens (including phenoxy) is 2. The second-order valence-electron chi connectivity index (χ2n) is 7.12. The Morgan fingerprint density at radius 1 is 0.933 bits per heavy atom. The number of nitrogens with one attached hydrogen (secondary N) is 1. The van der Waals surface area contributed by atoms with Crippen molar-refractivity contribution in [1.82, 2.24) is 5.32 Å². The highest BCUT2D eigenvalue weighted by Crippen LogP contribution is 2.37. The molecule has 0 fully saturated rings. The summed E-state index contributed by atoms with van der Waals surface area (Å²) < 4.78 is 11.5. The van der Waals surface area contributed by atoms with Gasteiger partial charge in [0.2, 0.25) is 0 Å². The van der Waals surface area contributed by atoms with Crippen molar-refractivity contribution in [3.63, 3.8) is 0 Å². The molecule has 3 nitrogen and oxygen atoms in total. The van der Waals surface area contributed by atoms with Crippen molar-refractivity contribution < 1.29 is 9.47 Å². The molecule has 0 aliphatic carbocycles. The Labute approximate surface area is 188 Å². The summed E-state index contributed by atoms with van der Waals surface area (Å²) in [4.78, 5) is 0. The lowest BCUT2D eigenvalue weighted by Crippen LogP contribution is -2.20. The Bertz CT molecular complexity index is 947. The molecule has 3 aromatic carbocycles. The van der Waals surface area contributed by atoms with E-state index in [1.807, 2.05) is 42.5 Å². The molecule has 0 heterocycles. The lowest BCUT2D eigenvalue weighted by atomic mass is 10.0. The fourth-order valence-corrected chi connectivity index (χ4v) is 3.86. The highest BCUT2D eigenvalue weighted by Gasteiger charge is 2.15. The van der Waals surface area contributed by atoms with Crippen LogP contribution in [0.2, 0.25) is 10.0 Å². The molecule has 0 spiro atoms. The second kappa shape index (κ2) is 11.3. The largest absolute Gasteiger partial charge is 0.493 e. The van der Waals surface area contributed by atoms with Gasteiger partial charge in [-0.1, -0.05) is 85.1 Å². The summed E-state index contributed by atoms with van der Waals surface area (Å²) in [7, 11) is 1.62. The predicted octanol–water partition coefficient (Wildman–Crippen LogP) is 7.21. The van der Waals surface area contributed by atoms with Gasteiger partial charge in [0, 0.05) is 23.2 Å². The molecule has 1 atom stereocenters. The van der Waals surface area contributed by atoms with Crippen molar-refractivity contribution >= 4 is 23.2 Å². The van der Waals surface area contributed by atoms with Crippen LogP contribution >= 0.6 is 23.2 Å². The Hall–Kier alpha value is -2.20. The lowest BCUT2D eigenvalue weighted by molar-refractivity contribution is 0.284. The number of rotatable bonds is 10. The molecule has 0 aliphatic rings. The van der Waals surface area contributed by atoms with Gasteiger partial charge in [-0.25, -0.2) is 0 Å². The first kappa shape index (κ1) is 22.5. The topological polar surface area (TPSA) is 30.5 Å². The minimum absolute atomic E-state index is 0.289. The molecule has 5 heteroatoms. The molecule has 30 heavy (non-hydrogen) atoms. The van der Waals surface area contributed by atoms with Gasteiger partial charge in [-0.2, -0.15) is 0 Å². The fourth-order valence-electron chi connectivity index (χ4n) is 3.38. The van der Waals surface area contributed by atoms with Crippen LogP contribution in [-0.2, 0) is 13.2 Å². The van der Waals surface area contributed by atoms with Crippen molar-refractivity contribution in [3.05, 3.63) is 93.5 Å². The average molecular weight is 444 g/mol. The highest BCUT2D eigenvalue weighted by atomic mass is 35.5. The van der Waals surface area contributed by atoms with E-state index in [9.17, 15) is 0 Å². The maximum atomic E-state index is 6.55. The van der Waals surface area contributed by atoms with E-state index in [1.54, 1.807) is 7.11 Å². The first-order valence-electron chi connectivity index (χ1n) is 10.1. The summed E-state index contributed by atoms with van der Waals surface area (Å²) in [5.74, 6) is 1.13. The summed E-state index contributed by atoms with van der Waals surface area (Å²) >= 11 is 12.8. The van der Waals surface area contributed by atoms with Crippen LogP contribution in [-0.4, -0.2) is 7.11 Å². The van der Waals surface area contributed by atoms with Crippen molar-refractivity contribution in [2.75, 3.05) is 7.11 Å². The van der Waals surface area contributed by atoms with E-state index in [0.717, 1.165) is 24.0 Å². The van der Waals surface area contributed by atoms with Gasteiger partial charge in [-0.3, -0.25) is 0 Å². The van der Waals surface area contributed by atoms with Crippen molar-refractivity contribution in [2.24, 2.45) is 0 Å². The van der Waals surface area contributed by atoms with Gasteiger partial charge in [0.25, 0.3) is 0 Å². The van der Waals surface area contributed by atoms with E-state index in [4.69, 9.17) is 32.7 Å². The first-order valence-corrected chi connectivity index (χ1v) is 10.9. The van der Waals surface area contributed by atoms with Crippen LogP contribution in [0, 0.1) is 0 Å². The van der Waals surface area contributed by atoms with Crippen LogP contribution in [0.15, 0.2) is 66.7 Å². The number of methoxy groups -OCH3 is 1. The summed E-state index contributed by atoms with van der Waals surface area (Å²) in [6.45, 7) is 3.20. The molecule has 0 aliphatic heterocycles. The van der Waals surface area contributed by atoms with Gasteiger partial charge in [-0.15, -0.1) is 0 Å². The molecule has 0 saturated carbocycles. The summed E-state index contributed by atoms with van der Waals surface area (Å²) in [5, 5.41) is 4.83. The van der Waals surface area contributed by atoms with Gasteiger partial charge in [0.1, 0.15) is 6.61 Å². The second-order valence-corrected chi connectivity index (χ2v) is 7.94. The zero-order valence-corrected chi connectivity index (χ0v) is 18.8. The van der Waals surface area contributed by atoms with Gasteiger partial charge in [-0.05, 0) is 35.7 Å². The standard InChI is InChI=1S/C25H27Cl2NO2/c1-3-9-23(19-10-5-4-6-11-19)28-16-18-14-22(27)25(24(15-18)29-2)30-17-20-12-7-8-13-21(20)26/h4-8,10-15,23,28H,3,9,16-17H2,1-2H3/t23-/m0/s1. The number of halogens is 2. The van der Waals surface area contributed by atoms with E-state index in [0.29, 0.717) is 34.7 Å². The van der Waals surface area contributed by atoms with Crippen LogP contribution in [0.5, 0.6) is 11.5 Å². The van der Waals surface area contributed by atoms with Gasteiger partial charge < -0.3 is 14.8 Å². The van der Waals surface area contributed by atoms with Crippen molar-refractivity contribution in [1.29, 1.82) is 0 Å². The summed E-state index contributed by atoms with van der Waals surface area (Å²) in [6.07, 6.45) is 2.17. The molecule has 0 aromatic heterocycles. The molecule has 1 N–H and O–H groups in total. The van der Waals surface area contributed by atoms with E-state index in [2.05, 4.69) is 36.5 Å². The van der Waals surface area contributed by atoms with Crippen molar-refractivity contribution in [2.45, 2.75) is 39.0 Å². The third kappa shape index (κ3) is 5.91. The first-order chi connectivity index (χ1) is 14.6. The minimum Gasteiger partial charge on any atom is -0.493 e. The quantitative estimate of drug-likeness (QED) is 0.358. The molecule has 3 aromatic rings. The fraction of sp³-hybridized carbons (Fsp3) is 0.280. The molecular weight excluding hydrogens is 417 g/mol. The molecule has 0 saturated heterocycles. The minimum atomic E-state index is 0.289. The van der Waals surface area contributed by atoms with E-state index < -0.39 is 0 Å². The average Bonchev–Trinajstić information content (AvgIpc) is 2.77. The Balaban J connectivity index is 1.72. The lowest BCUT2D eigenvalue weighted by Gasteiger charge is -2.20. The predicted molar refractivity (Wildman–Crippen MR) is 125 cm³/mol. The maximum Gasteiger partial charge on any atom is 0.180 e. The zero-order valence-electron chi connectivity index (χ0n) is 17.3. The Kier molecular flexibility index (Phi) is 8.44. The third-order valence-corrected chi connectivity index (χ3v) is 5.60. The monoisotopic (exact) mass is 443 g/mol. The van der Waals surface area contributed by atoms with Crippen molar-refractivity contribution in [3.8, 4) is 11.5 Å². The maximum absolute atomic E-state index is 6.55. The van der Waals surface area contributed by atoms with Gasteiger partial charge in [0.05, 0.1) is 12.1 Å². The Morgan fingerprint density at radius 3 is 2.37 bits per heavy atom. The van der Waals surface area contributed by atoms with E-state index in [-0.39, 0.29) is 6.04 Å². The van der Waals surface area contributed by atoms with E-state index >= 15 is 0 Å². The van der Waals surface area contributed by atoms with Crippen LogP contribution < -0.4 is 14.8 Å². The van der Waals surface area contributed by atoms with Gasteiger partial charge in [0.15, 0.2) is 11.5 Å². The summed E-state index contributed by atoms with van der Waals surface area (Å²) in [5.41, 5.74) is 3.23. The van der Waals surface area contributed by atoms with Crippen LogP contribution in [0.25, 0.3) is 0 Å². The SMILES string of the molecule is CCC[C@H](NCc1cc(Cl)c(OCc2ccccc2Cl)c(OC)c1)c1ccccc1. The molecular formula is C25H27Cl2NO2. The summed E-state index contributed by atoms with van der Waals surface area (Å²) in [6, 6.07) is 22.3. The number of hydrogen-bond acceptors (Lipinski definition) is 3. The molecule has 0 bridgehead atoms. The smallest absolute Gasteiger partial charge is 0.180 e. The highest BCUT2D eigenvalue weighted by molar-refractivity contribution is 6.32. The van der Waals surface area contributed by atoms with Gasteiger partial charge >= 0.3 is 0 Å². The van der Waals surface area contributed by atoms with Crippen LogP contribution in [0.1, 0.15) is 42.5 Å². The molecule has 0 unspecified atom stereocenters. The third-order valence-electron chi connectivity index (χ3n) is 4.95. The normalized spacial score (nSPS) is 11.9.